The molecule has 2 rings (SSSR count). The predicted octanol–water partition coefficient (Wildman–Crippen LogP) is 1.15. The first kappa shape index (κ1) is 8.76. The lowest BCUT2D eigenvalue weighted by atomic mass is 10.2. The van der Waals surface area contributed by atoms with Crippen LogP contribution in [0.2, 0.25) is 5.15 Å². The third kappa shape index (κ3) is 1.25. The van der Waals surface area contributed by atoms with Crippen molar-refractivity contribution in [1.29, 1.82) is 0 Å². The summed E-state index contributed by atoms with van der Waals surface area (Å²) in [6.07, 6.45) is 1.50. The zero-order valence-electron chi connectivity index (χ0n) is 6.78. The van der Waals surface area contributed by atoms with Gasteiger partial charge in [-0.1, -0.05) is 11.6 Å². The largest absolute Gasteiger partial charge is 0.477 e. The molecule has 0 aliphatic rings. The molecule has 0 bridgehead atoms. The molecule has 2 heterocycles. The van der Waals surface area contributed by atoms with Crippen LogP contribution in [0.5, 0.6) is 0 Å². The summed E-state index contributed by atoms with van der Waals surface area (Å²) in [6.45, 7) is 0. The van der Waals surface area contributed by atoms with Crippen LogP contribution in [0, 0.1) is 0 Å². The Bertz CT molecular complexity index is 462. The molecule has 0 saturated heterocycles. The van der Waals surface area contributed by atoms with E-state index in [4.69, 9.17) is 16.7 Å². The van der Waals surface area contributed by atoms with Crippen LogP contribution in [-0.2, 0) is 0 Å². The van der Waals surface area contributed by atoms with Gasteiger partial charge in [0.2, 0.25) is 0 Å². The number of carboxylic acid groups (broad SMARTS) is 1. The molecule has 0 aromatic carbocycles. The molecular formula is C7H5ClN4O2. The summed E-state index contributed by atoms with van der Waals surface area (Å²) >= 11 is 5.62. The molecule has 72 valence electrons. The molecule has 3 N–H and O–H groups in total. The molecule has 0 fully saturated rings. The molecule has 0 amide bonds. The lowest BCUT2D eigenvalue weighted by molar-refractivity contribution is 0.0698. The highest BCUT2D eigenvalue weighted by molar-refractivity contribution is 6.33. The number of rotatable bonds is 2. The number of hydrogen-bond acceptors (Lipinski definition) is 3. The molecule has 0 unspecified atom stereocenters. The van der Waals surface area contributed by atoms with Gasteiger partial charge >= 0.3 is 5.97 Å². The Morgan fingerprint density at radius 1 is 1.50 bits per heavy atom. The number of carboxylic acids is 1. The van der Waals surface area contributed by atoms with E-state index in [1.54, 1.807) is 6.07 Å². The minimum atomic E-state index is -1.13. The van der Waals surface area contributed by atoms with Crippen LogP contribution in [-0.4, -0.2) is 31.5 Å². The molecule has 6 nitrogen and oxygen atoms in total. The summed E-state index contributed by atoms with van der Waals surface area (Å²) in [5.74, 6) is -1.13. The topological polar surface area (TPSA) is 94.7 Å². The molecule has 0 saturated carbocycles. The van der Waals surface area contributed by atoms with Crippen molar-refractivity contribution in [2.24, 2.45) is 0 Å². The summed E-state index contributed by atoms with van der Waals surface area (Å²) in [7, 11) is 0. The number of aromatic nitrogens is 4. The first-order valence-electron chi connectivity index (χ1n) is 3.67. The number of aromatic amines is 2. The minimum absolute atomic E-state index is 0.00194. The molecule has 0 spiro atoms. The molecule has 0 aliphatic heterocycles. The van der Waals surface area contributed by atoms with Crippen LogP contribution in [0.4, 0.5) is 0 Å². The fourth-order valence-corrected chi connectivity index (χ4v) is 1.31. The highest BCUT2D eigenvalue weighted by atomic mass is 35.5. The lowest BCUT2D eigenvalue weighted by Crippen LogP contribution is -1.98. The summed E-state index contributed by atoms with van der Waals surface area (Å²) in [5, 5.41) is 21.3. The Morgan fingerprint density at radius 3 is 2.86 bits per heavy atom. The van der Waals surface area contributed by atoms with E-state index in [-0.39, 0.29) is 16.4 Å². The smallest absolute Gasteiger partial charge is 0.341 e. The van der Waals surface area contributed by atoms with Crippen LogP contribution in [0.3, 0.4) is 0 Å². The van der Waals surface area contributed by atoms with Gasteiger partial charge in [-0.2, -0.15) is 10.2 Å². The Balaban J connectivity index is 2.60. The number of nitrogens with zero attached hydrogens (tertiary/aromatic N) is 2. The third-order valence-electron chi connectivity index (χ3n) is 1.69. The molecule has 2 aromatic heterocycles. The van der Waals surface area contributed by atoms with Crippen molar-refractivity contribution in [3.8, 4) is 11.4 Å². The van der Waals surface area contributed by atoms with Gasteiger partial charge in [-0.25, -0.2) is 4.79 Å². The van der Waals surface area contributed by atoms with Crippen molar-refractivity contribution in [2.75, 3.05) is 0 Å². The van der Waals surface area contributed by atoms with E-state index in [1.165, 1.54) is 6.20 Å². The number of aromatic carboxylic acids is 1. The molecule has 0 atom stereocenters. The van der Waals surface area contributed by atoms with E-state index < -0.39 is 5.97 Å². The van der Waals surface area contributed by atoms with Gasteiger partial charge < -0.3 is 5.11 Å². The maximum absolute atomic E-state index is 10.8. The summed E-state index contributed by atoms with van der Waals surface area (Å²) in [6, 6.07) is 1.61. The highest BCUT2D eigenvalue weighted by Crippen LogP contribution is 2.24. The molecule has 0 aliphatic carbocycles. The Morgan fingerprint density at radius 2 is 2.29 bits per heavy atom. The molecule has 0 radical (unpaired) electrons. The Kier molecular flexibility index (Phi) is 1.97. The van der Waals surface area contributed by atoms with Crippen LogP contribution in [0.15, 0.2) is 12.3 Å². The van der Waals surface area contributed by atoms with Crippen LogP contribution in [0.25, 0.3) is 11.4 Å². The number of hydrogen-bond donors (Lipinski definition) is 3. The van der Waals surface area contributed by atoms with Gasteiger partial charge in [0.25, 0.3) is 0 Å². The second-order valence-corrected chi connectivity index (χ2v) is 2.91. The predicted molar refractivity (Wildman–Crippen MR) is 48.1 cm³/mol. The van der Waals surface area contributed by atoms with Gasteiger partial charge in [-0.05, 0) is 6.07 Å². The third-order valence-corrected chi connectivity index (χ3v) is 1.97. The summed E-state index contributed by atoms with van der Waals surface area (Å²) < 4.78 is 0. The zero-order valence-corrected chi connectivity index (χ0v) is 7.54. The van der Waals surface area contributed by atoms with Gasteiger partial charge in [0, 0.05) is 6.20 Å². The normalized spacial score (nSPS) is 10.4. The van der Waals surface area contributed by atoms with Gasteiger partial charge in [0.15, 0.2) is 0 Å². The lowest BCUT2D eigenvalue weighted by Gasteiger charge is -1.93. The van der Waals surface area contributed by atoms with Crippen molar-refractivity contribution < 1.29 is 9.90 Å². The number of nitrogens with one attached hydrogen (secondary N) is 2. The monoisotopic (exact) mass is 212 g/mol. The number of halogens is 1. The van der Waals surface area contributed by atoms with Crippen molar-refractivity contribution in [2.45, 2.75) is 0 Å². The standard InChI is InChI=1S/C7H5ClN4O2/c8-6-4(7(13)14)5(11-12-6)3-1-2-9-10-3/h1-2H,(H,9,10)(H,11,12)(H,13,14). The Labute approximate surface area is 82.9 Å². The van der Waals surface area contributed by atoms with Gasteiger partial charge in [0.05, 0.1) is 5.69 Å². The van der Waals surface area contributed by atoms with Crippen LogP contribution in [0.1, 0.15) is 10.4 Å². The average molecular weight is 213 g/mol. The van der Waals surface area contributed by atoms with E-state index in [0.29, 0.717) is 5.69 Å². The summed E-state index contributed by atoms with van der Waals surface area (Å²) in [5.41, 5.74) is 0.696. The first-order valence-corrected chi connectivity index (χ1v) is 4.05. The SMILES string of the molecule is O=C(O)c1c(-c2ccn[nH]2)n[nH]c1Cl. The maximum Gasteiger partial charge on any atom is 0.341 e. The summed E-state index contributed by atoms with van der Waals surface area (Å²) in [4.78, 5) is 10.8. The Hall–Kier alpha value is -1.82. The zero-order chi connectivity index (χ0) is 10.1. The second-order valence-electron chi connectivity index (χ2n) is 2.54. The maximum atomic E-state index is 10.8. The average Bonchev–Trinajstić information content (AvgIpc) is 2.70. The number of H-pyrrole nitrogens is 2. The van der Waals surface area contributed by atoms with E-state index >= 15 is 0 Å². The molecule has 7 heteroatoms. The van der Waals surface area contributed by atoms with Crippen LogP contribution >= 0.6 is 11.6 Å². The first-order chi connectivity index (χ1) is 6.70. The highest BCUT2D eigenvalue weighted by Gasteiger charge is 2.20. The van der Waals surface area contributed by atoms with Gasteiger partial charge in [-0.15, -0.1) is 0 Å². The van der Waals surface area contributed by atoms with Crippen molar-refractivity contribution >= 4 is 17.6 Å². The molecule has 2 aromatic rings. The van der Waals surface area contributed by atoms with E-state index in [1.807, 2.05) is 0 Å². The van der Waals surface area contributed by atoms with E-state index in [2.05, 4.69) is 20.4 Å². The fraction of sp³-hybridized carbons (Fsp3) is 0. The van der Waals surface area contributed by atoms with Crippen molar-refractivity contribution in [3.63, 3.8) is 0 Å². The fourth-order valence-electron chi connectivity index (χ4n) is 1.10. The quantitative estimate of drug-likeness (QED) is 0.696. The van der Waals surface area contributed by atoms with Crippen LogP contribution < -0.4 is 0 Å². The van der Waals surface area contributed by atoms with Gasteiger partial charge in [-0.3, -0.25) is 10.2 Å². The van der Waals surface area contributed by atoms with Crippen molar-refractivity contribution in [1.82, 2.24) is 20.4 Å². The van der Waals surface area contributed by atoms with E-state index in [9.17, 15) is 4.79 Å². The molecular weight excluding hydrogens is 208 g/mol. The van der Waals surface area contributed by atoms with Crippen molar-refractivity contribution in [3.05, 3.63) is 23.0 Å². The number of carbonyl (C=O) groups is 1. The minimum Gasteiger partial charge on any atom is -0.477 e. The second kappa shape index (κ2) is 3.15. The van der Waals surface area contributed by atoms with E-state index in [0.717, 1.165) is 0 Å². The van der Waals surface area contributed by atoms with Gasteiger partial charge in [0.1, 0.15) is 16.4 Å². The molecule has 14 heavy (non-hydrogen) atoms.